The van der Waals surface area contributed by atoms with Gasteiger partial charge in [0, 0.05) is 12.4 Å². The summed E-state index contributed by atoms with van der Waals surface area (Å²) in [5.74, 6) is 0.806. The van der Waals surface area contributed by atoms with Gasteiger partial charge in [-0.3, -0.25) is 4.40 Å². The molecular weight excluding hydrogens is 176 g/mol. The van der Waals surface area contributed by atoms with Gasteiger partial charge in [0.2, 0.25) is 0 Å². The highest BCUT2D eigenvalue weighted by Gasteiger charge is 1.96. The molecule has 2 aromatic heterocycles. The van der Waals surface area contributed by atoms with Crippen LogP contribution in [-0.4, -0.2) is 16.5 Å². The summed E-state index contributed by atoms with van der Waals surface area (Å²) in [4.78, 5) is 4.11. The van der Waals surface area contributed by atoms with Gasteiger partial charge < -0.3 is 4.74 Å². The fourth-order valence-corrected chi connectivity index (χ4v) is 1.09. The van der Waals surface area contributed by atoms with Gasteiger partial charge in [-0.05, 0) is 12.1 Å². The Balaban J connectivity index is 0.000000720. The molecule has 0 fully saturated rings. The van der Waals surface area contributed by atoms with Crippen molar-refractivity contribution in [3.63, 3.8) is 0 Å². The fourth-order valence-electron chi connectivity index (χ4n) is 1.09. The van der Waals surface area contributed by atoms with Crippen LogP contribution in [0.25, 0.3) is 5.65 Å². The molecular formula is C8H9ClN2O. The number of aromatic nitrogens is 2. The lowest BCUT2D eigenvalue weighted by Gasteiger charge is -2.01. The van der Waals surface area contributed by atoms with E-state index in [4.69, 9.17) is 4.74 Å². The van der Waals surface area contributed by atoms with Crippen LogP contribution in [0.15, 0.2) is 30.6 Å². The predicted octanol–water partition coefficient (Wildman–Crippen LogP) is 1.76. The quantitative estimate of drug-likeness (QED) is 0.675. The number of nitrogens with zero attached hydrogens (tertiary/aromatic N) is 2. The Morgan fingerprint density at radius 3 is 3.00 bits per heavy atom. The second-order valence-electron chi connectivity index (χ2n) is 2.22. The first kappa shape index (κ1) is 8.87. The van der Waals surface area contributed by atoms with Crippen LogP contribution in [0.5, 0.6) is 5.88 Å². The topological polar surface area (TPSA) is 26.5 Å². The lowest BCUT2D eigenvalue weighted by atomic mass is 10.4. The minimum atomic E-state index is 0. The summed E-state index contributed by atoms with van der Waals surface area (Å²) in [7, 11) is 1.65. The third-order valence-corrected chi connectivity index (χ3v) is 1.60. The summed E-state index contributed by atoms with van der Waals surface area (Å²) < 4.78 is 7.00. The zero-order chi connectivity index (χ0) is 7.68. The average molecular weight is 185 g/mol. The van der Waals surface area contributed by atoms with Crippen LogP contribution < -0.4 is 4.74 Å². The third-order valence-electron chi connectivity index (χ3n) is 1.60. The highest BCUT2D eigenvalue weighted by Crippen LogP contribution is 2.11. The number of hydrogen-bond acceptors (Lipinski definition) is 2. The van der Waals surface area contributed by atoms with E-state index in [0.29, 0.717) is 0 Å². The molecule has 0 spiro atoms. The summed E-state index contributed by atoms with van der Waals surface area (Å²) in [5.41, 5.74) is 0.907. The Morgan fingerprint density at radius 1 is 1.42 bits per heavy atom. The van der Waals surface area contributed by atoms with Gasteiger partial charge in [0.15, 0.2) is 5.88 Å². The Labute approximate surface area is 76.4 Å². The van der Waals surface area contributed by atoms with Crippen molar-refractivity contribution < 1.29 is 4.74 Å². The van der Waals surface area contributed by atoms with E-state index in [0.717, 1.165) is 11.5 Å². The Bertz CT molecular complexity index is 372. The first-order valence-corrected chi connectivity index (χ1v) is 3.38. The average Bonchev–Trinajstić information content (AvgIpc) is 2.50. The van der Waals surface area contributed by atoms with Crippen LogP contribution >= 0.6 is 12.4 Å². The van der Waals surface area contributed by atoms with Crippen LogP contribution in [0.4, 0.5) is 0 Å². The summed E-state index contributed by atoms with van der Waals surface area (Å²) in [5, 5.41) is 0. The molecule has 0 bridgehead atoms. The van der Waals surface area contributed by atoms with Crippen molar-refractivity contribution in [3.8, 4) is 5.88 Å². The van der Waals surface area contributed by atoms with E-state index in [1.165, 1.54) is 0 Å². The van der Waals surface area contributed by atoms with Crippen molar-refractivity contribution in [2.75, 3.05) is 7.11 Å². The molecule has 0 N–H and O–H groups in total. The number of fused-ring (bicyclic) bond motifs is 1. The van der Waals surface area contributed by atoms with E-state index in [-0.39, 0.29) is 12.4 Å². The zero-order valence-corrected chi connectivity index (χ0v) is 7.41. The predicted molar refractivity (Wildman–Crippen MR) is 49.0 cm³/mol. The van der Waals surface area contributed by atoms with Crippen LogP contribution in [0, 0.1) is 0 Å². The van der Waals surface area contributed by atoms with Gasteiger partial charge in [-0.2, -0.15) is 0 Å². The molecule has 0 saturated carbocycles. The van der Waals surface area contributed by atoms with Gasteiger partial charge in [0.05, 0.1) is 7.11 Å². The van der Waals surface area contributed by atoms with Crippen LogP contribution in [0.3, 0.4) is 0 Å². The number of methoxy groups -OCH3 is 1. The monoisotopic (exact) mass is 184 g/mol. The molecule has 0 saturated heterocycles. The maximum absolute atomic E-state index is 5.11. The van der Waals surface area contributed by atoms with Crippen molar-refractivity contribution in [3.05, 3.63) is 30.6 Å². The minimum absolute atomic E-state index is 0. The first-order chi connectivity index (χ1) is 5.42. The molecule has 0 radical (unpaired) electrons. The molecule has 2 aromatic rings. The van der Waals surface area contributed by atoms with E-state index in [1.54, 1.807) is 13.3 Å². The summed E-state index contributed by atoms with van der Waals surface area (Å²) in [6, 6.07) is 5.75. The van der Waals surface area contributed by atoms with Crippen molar-refractivity contribution in [2.24, 2.45) is 0 Å². The highest BCUT2D eigenvalue weighted by atomic mass is 35.5. The number of rotatable bonds is 1. The second kappa shape index (κ2) is 3.45. The maximum Gasteiger partial charge on any atom is 0.198 e. The summed E-state index contributed by atoms with van der Waals surface area (Å²) >= 11 is 0. The van der Waals surface area contributed by atoms with Gasteiger partial charge in [-0.25, -0.2) is 4.98 Å². The Kier molecular flexibility index (Phi) is 2.55. The SMILES string of the molecule is COc1cccc2nccn12.Cl. The van der Waals surface area contributed by atoms with Crippen LogP contribution in [-0.2, 0) is 0 Å². The minimum Gasteiger partial charge on any atom is -0.482 e. The van der Waals surface area contributed by atoms with Crippen molar-refractivity contribution in [2.45, 2.75) is 0 Å². The smallest absolute Gasteiger partial charge is 0.198 e. The number of hydrogen-bond donors (Lipinski definition) is 0. The number of ether oxygens (including phenoxy) is 1. The number of imidazole rings is 1. The molecule has 4 heteroatoms. The maximum atomic E-state index is 5.11. The molecule has 0 aliphatic heterocycles. The second-order valence-corrected chi connectivity index (χ2v) is 2.22. The normalized spacial score (nSPS) is 9.42. The van der Waals surface area contributed by atoms with Gasteiger partial charge in [0.1, 0.15) is 5.65 Å². The molecule has 12 heavy (non-hydrogen) atoms. The molecule has 64 valence electrons. The third kappa shape index (κ3) is 1.23. The standard InChI is InChI=1S/C8H8N2O.ClH/c1-11-8-4-2-3-7-9-5-6-10(7)8;/h2-6H,1H3;1H. The van der Waals surface area contributed by atoms with Gasteiger partial charge >= 0.3 is 0 Å². The molecule has 2 heterocycles. The largest absolute Gasteiger partial charge is 0.482 e. The summed E-state index contributed by atoms with van der Waals surface area (Å²) in [6.07, 6.45) is 3.62. The number of pyridine rings is 1. The van der Waals surface area contributed by atoms with E-state index in [2.05, 4.69) is 4.98 Å². The Morgan fingerprint density at radius 2 is 2.25 bits per heavy atom. The zero-order valence-electron chi connectivity index (χ0n) is 6.60. The van der Waals surface area contributed by atoms with E-state index < -0.39 is 0 Å². The molecule has 0 atom stereocenters. The van der Waals surface area contributed by atoms with E-state index in [9.17, 15) is 0 Å². The number of halogens is 1. The molecule has 0 aliphatic rings. The van der Waals surface area contributed by atoms with Crippen molar-refractivity contribution >= 4 is 18.1 Å². The van der Waals surface area contributed by atoms with Crippen LogP contribution in [0.2, 0.25) is 0 Å². The van der Waals surface area contributed by atoms with Gasteiger partial charge in [-0.15, -0.1) is 12.4 Å². The molecule has 0 amide bonds. The van der Waals surface area contributed by atoms with Crippen molar-refractivity contribution in [1.29, 1.82) is 0 Å². The van der Waals surface area contributed by atoms with E-state index >= 15 is 0 Å². The van der Waals surface area contributed by atoms with Gasteiger partial charge in [-0.1, -0.05) is 6.07 Å². The molecule has 3 nitrogen and oxygen atoms in total. The van der Waals surface area contributed by atoms with Gasteiger partial charge in [0.25, 0.3) is 0 Å². The highest BCUT2D eigenvalue weighted by molar-refractivity contribution is 5.85. The lowest BCUT2D eigenvalue weighted by Crippen LogP contribution is -1.91. The Hall–Kier alpha value is -1.22. The fraction of sp³-hybridized carbons (Fsp3) is 0.125. The molecule has 0 unspecified atom stereocenters. The van der Waals surface area contributed by atoms with Crippen molar-refractivity contribution in [1.82, 2.24) is 9.38 Å². The first-order valence-electron chi connectivity index (χ1n) is 3.38. The van der Waals surface area contributed by atoms with Crippen LogP contribution in [0.1, 0.15) is 0 Å². The molecule has 0 aromatic carbocycles. The molecule has 2 rings (SSSR count). The molecule has 0 aliphatic carbocycles. The summed E-state index contributed by atoms with van der Waals surface area (Å²) in [6.45, 7) is 0. The van der Waals surface area contributed by atoms with E-state index in [1.807, 2.05) is 28.8 Å². The lowest BCUT2D eigenvalue weighted by molar-refractivity contribution is 0.392.